The fourth-order valence-corrected chi connectivity index (χ4v) is 3.71. The molecule has 5 heterocycles. The van der Waals surface area contributed by atoms with Crippen molar-refractivity contribution in [3.8, 4) is 11.5 Å². The van der Waals surface area contributed by atoms with Gasteiger partial charge in [0.2, 0.25) is 5.91 Å². The van der Waals surface area contributed by atoms with Crippen LogP contribution in [-0.2, 0) is 4.79 Å². The molecule has 3 aliphatic heterocycles. The van der Waals surface area contributed by atoms with Crippen LogP contribution in [0.1, 0.15) is 30.8 Å². The lowest BCUT2D eigenvalue weighted by Crippen LogP contribution is -2.56. The minimum Gasteiger partial charge on any atom is -0.345 e. The summed E-state index contributed by atoms with van der Waals surface area (Å²) in [7, 11) is 0. The zero-order chi connectivity index (χ0) is 18.1. The molecule has 0 saturated carbocycles. The standard InChI is InChI=1S/C18H25N7O/c1-12-4-5-19-14(10-12)17-21-16(22-23-17)13(2)20-18(26)15-11-24-6-3-7-25(15)9-8-24/h4-5,10,13,15H,3,6-9,11H2,1-2H3,(H,20,26)(H,21,22,23). The van der Waals surface area contributed by atoms with Crippen LogP contribution in [-0.4, -0.2) is 74.6 Å². The summed E-state index contributed by atoms with van der Waals surface area (Å²) in [5.74, 6) is 1.26. The highest BCUT2D eigenvalue weighted by atomic mass is 16.2. The van der Waals surface area contributed by atoms with E-state index in [4.69, 9.17) is 0 Å². The third-order valence-electron chi connectivity index (χ3n) is 5.21. The van der Waals surface area contributed by atoms with Gasteiger partial charge in [-0.05, 0) is 44.5 Å². The molecule has 26 heavy (non-hydrogen) atoms. The van der Waals surface area contributed by atoms with Gasteiger partial charge in [-0.1, -0.05) is 0 Å². The number of aryl methyl sites for hydroxylation is 1. The highest BCUT2D eigenvalue weighted by molar-refractivity contribution is 5.82. The van der Waals surface area contributed by atoms with Gasteiger partial charge in [0, 0.05) is 32.4 Å². The number of amides is 1. The lowest BCUT2D eigenvalue weighted by molar-refractivity contribution is -0.128. The molecule has 2 aromatic heterocycles. The third kappa shape index (κ3) is 3.47. The highest BCUT2D eigenvalue weighted by Crippen LogP contribution is 2.18. The van der Waals surface area contributed by atoms with Gasteiger partial charge in [0.05, 0.1) is 6.04 Å². The molecule has 0 radical (unpaired) electrons. The third-order valence-corrected chi connectivity index (χ3v) is 5.21. The smallest absolute Gasteiger partial charge is 0.239 e. The maximum Gasteiger partial charge on any atom is 0.239 e. The number of pyridine rings is 1. The monoisotopic (exact) mass is 355 g/mol. The summed E-state index contributed by atoms with van der Waals surface area (Å²) in [5, 5.41) is 10.3. The van der Waals surface area contributed by atoms with Gasteiger partial charge < -0.3 is 5.32 Å². The van der Waals surface area contributed by atoms with E-state index in [9.17, 15) is 4.79 Å². The number of H-pyrrole nitrogens is 1. The van der Waals surface area contributed by atoms with Crippen LogP contribution >= 0.6 is 0 Å². The number of carbonyl (C=O) groups excluding carboxylic acids is 1. The lowest BCUT2D eigenvalue weighted by atomic mass is 10.1. The van der Waals surface area contributed by atoms with E-state index < -0.39 is 0 Å². The minimum absolute atomic E-state index is 0.0655. The van der Waals surface area contributed by atoms with E-state index in [0.717, 1.165) is 50.4 Å². The normalized spacial score (nSPS) is 26.3. The molecule has 3 aliphatic rings. The first-order chi connectivity index (χ1) is 12.6. The molecule has 3 saturated heterocycles. The topological polar surface area (TPSA) is 90.0 Å². The Morgan fingerprint density at radius 2 is 2.23 bits per heavy atom. The van der Waals surface area contributed by atoms with Gasteiger partial charge in [0.25, 0.3) is 0 Å². The highest BCUT2D eigenvalue weighted by Gasteiger charge is 2.35. The molecule has 1 amide bonds. The molecule has 0 aliphatic carbocycles. The molecule has 0 spiro atoms. The van der Waals surface area contributed by atoms with E-state index in [1.165, 1.54) is 0 Å². The Bertz CT molecular complexity index is 785. The van der Waals surface area contributed by atoms with Crippen LogP contribution in [0.2, 0.25) is 0 Å². The first kappa shape index (κ1) is 17.1. The van der Waals surface area contributed by atoms with Gasteiger partial charge in [-0.2, -0.15) is 5.10 Å². The summed E-state index contributed by atoms with van der Waals surface area (Å²) in [4.78, 5) is 26.3. The maximum atomic E-state index is 12.8. The quantitative estimate of drug-likeness (QED) is 0.841. The van der Waals surface area contributed by atoms with E-state index in [1.54, 1.807) is 6.20 Å². The molecule has 8 nitrogen and oxygen atoms in total. The Morgan fingerprint density at radius 1 is 1.35 bits per heavy atom. The zero-order valence-electron chi connectivity index (χ0n) is 15.3. The number of nitrogens with zero attached hydrogens (tertiary/aromatic N) is 5. The van der Waals surface area contributed by atoms with E-state index in [2.05, 4.69) is 35.3 Å². The van der Waals surface area contributed by atoms with Crippen LogP contribution in [0.3, 0.4) is 0 Å². The Hall–Kier alpha value is -2.32. The van der Waals surface area contributed by atoms with Gasteiger partial charge in [-0.15, -0.1) is 0 Å². The fourth-order valence-electron chi connectivity index (χ4n) is 3.71. The minimum atomic E-state index is -0.230. The summed E-state index contributed by atoms with van der Waals surface area (Å²) >= 11 is 0. The number of aromatic nitrogens is 4. The molecular weight excluding hydrogens is 330 g/mol. The van der Waals surface area contributed by atoms with Crippen LogP contribution < -0.4 is 5.32 Å². The number of aromatic amines is 1. The average molecular weight is 355 g/mol. The average Bonchev–Trinajstić information content (AvgIpc) is 2.91. The molecule has 4 unspecified atom stereocenters. The molecular formula is C18H25N7O. The molecule has 4 atom stereocenters. The first-order valence-electron chi connectivity index (χ1n) is 9.22. The number of rotatable bonds is 4. The van der Waals surface area contributed by atoms with Gasteiger partial charge in [-0.25, -0.2) is 4.98 Å². The summed E-state index contributed by atoms with van der Waals surface area (Å²) in [6, 6.07) is 3.58. The molecule has 8 heteroatoms. The number of hydrogen-bond acceptors (Lipinski definition) is 6. The van der Waals surface area contributed by atoms with E-state index in [1.807, 2.05) is 26.0 Å². The number of nitrogens with one attached hydrogen (secondary N) is 2. The van der Waals surface area contributed by atoms with Crippen molar-refractivity contribution in [1.82, 2.24) is 35.3 Å². The number of fused-ring (bicyclic) bond motifs is 4. The number of hydrogen-bond donors (Lipinski definition) is 2. The maximum absolute atomic E-state index is 12.8. The predicted octanol–water partition coefficient (Wildman–Crippen LogP) is 0.742. The van der Waals surface area contributed by atoms with Crippen LogP contribution in [0, 0.1) is 6.92 Å². The Balaban J connectivity index is 1.43. The van der Waals surface area contributed by atoms with Crippen molar-refractivity contribution in [1.29, 1.82) is 0 Å². The summed E-state index contributed by atoms with van der Waals surface area (Å²) < 4.78 is 0. The van der Waals surface area contributed by atoms with Crippen LogP contribution in [0.25, 0.3) is 11.5 Å². The second-order valence-electron chi connectivity index (χ2n) is 7.20. The first-order valence-corrected chi connectivity index (χ1v) is 9.22. The zero-order valence-corrected chi connectivity index (χ0v) is 15.3. The number of carbonyl (C=O) groups is 1. The van der Waals surface area contributed by atoms with Crippen molar-refractivity contribution in [3.05, 3.63) is 29.7 Å². The second-order valence-corrected chi connectivity index (χ2v) is 7.20. The molecule has 2 bridgehead atoms. The van der Waals surface area contributed by atoms with Gasteiger partial charge in [0.15, 0.2) is 5.82 Å². The van der Waals surface area contributed by atoms with Crippen molar-refractivity contribution in [2.45, 2.75) is 32.4 Å². The SMILES string of the molecule is Cc1ccnc(-c2n[nH]c(C(C)NC(=O)C3CN4CCCN3CC4)n2)c1. The van der Waals surface area contributed by atoms with Crippen molar-refractivity contribution in [3.63, 3.8) is 0 Å². The van der Waals surface area contributed by atoms with Crippen LogP contribution in [0.5, 0.6) is 0 Å². The molecule has 0 aromatic carbocycles. The van der Waals surface area contributed by atoms with Crippen molar-refractivity contribution in [2.75, 3.05) is 32.7 Å². The Labute approximate surface area is 153 Å². The predicted molar refractivity (Wildman–Crippen MR) is 97.3 cm³/mol. The van der Waals surface area contributed by atoms with E-state index in [0.29, 0.717) is 11.6 Å². The van der Waals surface area contributed by atoms with Gasteiger partial charge >= 0.3 is 0 Å². The second kappa shape index (κ2) is 7.13. The Morgan fingerprint density at radius 3 is 3.08 bits per heavy atom. The van der Waals surface area contributed by atoms with E-state index >= 15 is 0 Å². The molecule has 138 valence electrons. The van der Waals surface area contributed by atoms with Crippen molar-refractivity contribution < 1.29 is 4.79 Å². The van der Waals surface area contributed by atoms with Gasteiger partial charge in [0.1, 0.15) is 17.6 Å². The molecule has 2 N–H and O–H groups in total. The lowest BCUT2D eigenvalue weighted by Gasteiger charge is -2.36. The Kier molecular flexibility index (Phi) is 4.69. The molecule has 3 fully saturated rings. The van der Waals surface area contributed by atoms with Gasteiger partial charge in [-0.3, -0.25) is 24.7 Å². The fraction of sp³-hybridized carbons (Fsp3) is 0.556. The van der Waals surface area contributed by atoms with Crippen LogP contribution in [0.15, 0.2) is 18.3 Å². The molecule has 2 aromatic rings. The van der Waals surface area contributed by atoms with Crippen LogP contribution in [0.4, 0.5) is 0 Å². The summed E-state index contributed by atoms with van der Waals surface area (Å²) in [5.41, 5.74) is 1.83. The van der Waals surface area contributed by atoms with E-state index in [-0.39, 0.29) is 18.0 Å². The summed E-state index contributed by atoms with van der Waals surface area (Å²) in [6.45, 7) is 8.86. The summed E-state index contributed by atoms with van der Waals surface area (Å²) in [6.07, 6.45) is 2.88. The molecule has 5 rings (SSSR count). The largest absolute Gasteiger partial charge is 0.345 e. The van der Waals surface area contributed by atoms with Crippen molar-refractivity contribution in [2.24, 2.45) is 0 Å². The number of piperazine rings is 1. The van der Waals surface area contributed by atoms with Crippen molar-refractivity contribution >= 4 is 5.91 Å².